The molecule has 0 spiro atoms. The molecule has 0 radical (unpaired) electrons. The van der Waals surface area contributed by atoms with Crippen molar-refractivity contribution in [1.29, 1.82) is 0 Å². The van der Waals surface area contributed by atoms with Crippen molar-refractivity contribution in [3.63, 3.8) is 0 Å². The molecule has 0 aliphatic rings. The van der Waals surface area contributed by atoms with Gasteiger partial charge in [0, 0.05) is 13.2 Å². The molecule has 0 fully saturated rings. The quantitative estimate of drug-likeness (QED) is 0.708. The fourth-order valence-corrected chi connectivity index (χ4v) is 1.09. The number of hydrogen-bond donors (Lipinski definition) is 1. The van der Waals surface area contributed by atoms with Crippen LogP contribution in [0.25, 0.3) is 0 Å². The maximum Gasteiger partial charge on any atom is 0.101 e. The van der Waals surface area contributed by atoms with E-state index in [-0.39, 0.29) is 12.1 Å². The SMILES string of the molecule is CC/C=C/N(C)C(=S)[C@@H](N)COC(C)C. The minimum absolute atomic E-state index is 0.190. The molecule has 0 rings (SSSR count). The summed E-state index contributed by atoms with van der Waals surface area (Å²) in [6, 6.07) is -0.214. The highest BCUT2D eigenvalue weighted by Crippen LogP contribution is 1.98. The molecule has 2 N–H and O–H groups in total. The molecular formula is C11H22N2OS. The number of nitrogens with two attached hydrogens (primary N) is 1. The second-order valence-electron chi connectivity index (χ2n) is 3.73. The predicted molar refractivity (Wildman–Crippen MR) is 68.9 cm³/mol. The fraction of sp³-hybridized carbons (Fsp3) is 0.727. The molecule has 0 aromatic carbocycles. The molecule has 88 valence electrons. The Labute approximate surface area is 98.3 Å². The summed E-state index contributed by atoms with van der Waals surface area (Å²) in [6.45, 7) is 6.52. The van der Waals surface area contributed by atoms with Gasteiger partial charge in [0.1, 0.15) is 4.99 Å². The van der Waals surface area contributed by atoms with Crippen LogP contribution in [0.2, 0.25) is 0 Å². The molecule has 0 saturated heterocycles. The van der Waals surface area contributed by atoms with E-state index >= 15 is 0 Å². The highest BCUT2D eigenvalue weighted by molar-refractivity contribution is 7.80. The zero-order chi connectivity index (χ0) is 11.8. The Morgan fingerprint density at radius 2 is 2.13 bits per heavy atom. The first-order chi connectivity index (χ1) is 6.99. The van der Waals surface area contributed by atoms with Crippen LogP contribution in [0, 0.1) is 0 Å². The van der Waals surface area contributed by atoms with E-state index in [4.69, 9.17) is 22.7 Å². The Morgan fingerprint density at radius 3 is 2.60 bits per heavy atom. The van der Waals surface area contributed by atoms with Crippen molar-refractivity contribution < 1.29 is 4.74 Å². The first-order valence-electron chi connectivity index (χ1n) is 5.29. The Balaban J connectivity index is 4.01. The average Bonchev–Trinajstić information content (AvgIpc) is 2.21. The first-order valence-corrected chi connectivity index (χ1v) is 5.70. The molecule has 0 aromatic heterocycles. The van der Waals surface area contributed by atoms with Gasteiger partial charge in [-0.2, -0.15) is 0 Å². The monoisotopic (exact) mass is 230 g/mol. The van der Waals surface area contributed by atoms with Crippen LogP contribution in [-0.2, 0) is 4.74 Å². The van der Waals surface area contributed by atoms with Crippen LogP contribution in [-0.4, -0.2) is 35.7 Å². The Morgan fingerprint density at radius 1 is 1.53 bits per heavy atom. The zero-order valence-corrected chi connectivity index (χ0v) is 10.9. The molecule has 15 heavy (non-hydrogen) atoms. The number of allylic oxidation sites excluding steroid dienone is 1. The van der Waals surface area contributed by atoms with E-state index in [1.807, 2.05) is 38.1 Å². The lowest BCUT2D eigenvalue weighted by molar-refractivity contribution is 0.0771. The molecule has 0 heterocycles. The molecule has 1 atom stereocenters. The van der Waals surface area contributed by atoms with Gasteiger partial charge in [-0.25, -0.2) is 0 Å². The summed E-state index contributed by atoms with van der Waals surface area (Å²) in [5.41, 5.74) is 5.90. The van der Waals surface area contributed by atoms with E-state index in [1.165, 1.54) is 0 Å². The third-order valence-electron chi connectivity index (χ3n) is 1.84. The van der Waals surface area contributed by atoms with Crippen LogP contribution in [0.15, 0.2) is 12.3 Å². The maximum atomic E-state index is 5.90. The highest BCUT2D eigenvalue weighted by atomic mass is 32.1. The highest BCUT2D eigenvalue weighted by Gasteiger charge is 2.12. The minimum atomic E-state index is -0.214. The first kappa shape index (κ1) is 14.6. The summed E-state index contributed by atoms with van der Waals surface area (Å²) < 4.78 is 5.42. The van der Waals surface area contributed by atoms with Crippen molar-refractivity contribution in [2.24, 2.45) is 5.73 Å². The average molecular weight is 230 g/mol. The normalized spacial score (nSPS) is 13.5. The molecule has 0 aromatic rings. The Kier molecular flexibility index (Phi) is 7.56. The Bertz CT molecular complexity index is 217. The van der Waals surface area contributed by atoms with E-state index in [2.05, 4.69) is 6.92 Å². The van der Waals surface area contributed by atoms with Crippen LogP contribution >= 0.6 is 12.2 Å². The smallest absolute Gasteiger partial charge is 0.101 e. The Hall–Kier alpha value is -0.450. The van der Waals surface area contributed by atoms with E-state index < -0.39 is 0 Å². The minimum Gasteiger partial charge on any atom is -0.377 e. The number of thiocarbonyl (C=S) groups is 1. The van der Waals surface area contributed by atoms with Crippen LogP contribution < -0.4 is 5.73 Å². The van der Waals surface area contributed by atoms with Crippen molar-refractivity contribution in [2.75, 3.05) is 13.7 Å². The molecule has 0 bridgehead atoms. The fourth-order valence-electron chi connectivity index (χ4n) is 0.966. The number of nitrogens with zero attached hydrogens (tertiary/aromatic N) is 1. The largest absolute Gasteiger partial charge is 0.377 e. The van der Waals surface area contributed by atoms with Gasteiger partial charge in [0.2, 0.25) is 0 Å². The molecule has 0 saturated carbocycles. The van der Waals surface area contributed by atoms with E-state index in [1.54, 1.807) is 0 Å². The van der Waals surface area contributed by atoms with Crippen LogP contribution in [0.5, 0.6) is 0 Å². The predicted octanol–water partition coefficient (Wildman–Crippen LogP) is 1.92. The summed E-state index contributed by atoms with van der Waals surface area (Å²) in [7, 11) is 1.91. The second kappa shape index (κ2) is 7.79. The van der Waals surface area contributed by atoms with Gasteiger partial charge in [-0.15, -0.1) is 0 Å². The third-order valence-corrected chi connectivity index (χ3v) is 2.43. The topological polar surface area (TPSA) is 38.5 Å². The summed E-state index contributed by atoms with van der Waals surface area (Å²) in [6.07, 6.45) is 5.17. The summed E-state index contributed by atoms with van der Waals surface area (Å²) in [4.78, 5) is 2.58. The lowest BCUT2D eigenvalue weighted by Crippen LogP contribution is -2.41. The van der Waals surface area contributed by atoms with Crippen molar-refractivity contribution in [3.8, 4) is 0 Å². The van der Waals surface area contributed by atoms with E-state index in [0.29, 0.717) is 11.6 Å². The zero-order valence-electron chi connectivity index (χ0n) is 10.1. The third kappa shape index (κ3) is 6.60. The summed E-state index contributed by atoms with van der Waals surface area (Å²) in [5.74, 6) is 0. The van der Waals surface area contributed by atoms with Crippen LogP contribution in [0.1, 0.15) is 27.2 Å². The van der Waals surface area contributed by atoms with Gasteiger partial charge in [0.15, 0.2) is 0 Å². The lowest BCUT2D eigenvalue weighted by atomic mass is 10.3. The van der Waals surface area contributed by atoms with Crippen molar-refractivity contribution in [3.05, 3.63) is 12.3 Å². The van der Waals surface area contributed by atoms with Gasteiger partial charge in [-0.3, -0.25) is 0 Å². The van der Waals surface area contributed by atoms with Crippen molar-refractivity contribution in [1.82, 2.24) is 4.90 Å². The number of ether oxygens (including phenoxy) is 1. The van der Waals surface area contributed by atoms with Crippen LogP contribution in [0.3, 0.4) is 0 Å². The van der Waals surface area contributed by atoms with E-state index in [0.717, 1.165) is 6.42 Å². The maximum absolute atomic E-state index is 5.90. The van der Waals surface area contributed by atoms with Gasteiger partial charge < -0.3 is 15.4 Å². The molecule has 0 unspecified atom stereocenters. The molecular weight excluding hydrogens is 208 g/mol. The van der Waals surface area contributed by atoms with Gasteiger partial charge >= 0.3 is 0 Å². The molecule has 0 amide bonds. The lowest BCUT2D eigenvalue weighted by Gasteiger charge is -2.21. The van der Waals surface area contributed by atoms with Crippen molar-refractivity contribution in [2.45, 2.75) is 39.3 Å². The summed E-state index contributed by atoms with van der Waals surface area (Å²) in [5, 5.41) is 0. The molecule has 0 aliphatic heterocycles. The number of rotatable bonds is 6. The molecule has 0 aliphatic carbocycles. The second-order valence-corrected chi connectivity index (χ2v) is 4.15. The van der Waals surface area contributed by atoms with Crippen molar-refractivity contribution >= 4 is 17.2 Å². The van der Waals surface area contributed by atoms with Gasteiger partial charge in [-0.05, 0) is 20.3 Å². The molecule has 4 heteroatoms. The standard InChI is InChI=1S/C11H22N2OS/c1-5-6-7-13(4)11(15)10(12)8-14-9(2)3/h6-7,9-10H,5,8,12H2,1-4H3/b7-6+/t10-/m0/s1. The van der Waals surface area contributed by atoms with Gasteiger partial charge in [0.25, 0.3) is 0 Å². The summed E-state index contributed by atoms with van der Waals surface area (Å²) >= 11 is 5.23. The van der Waals surface area contributed by atoms with Gasteiger partial charge in [0.05, 0.1) is 18.8 Å². The molecule has 3 nitrogen and oxygen atoms in total. The van der Waals surface area contributed by atoms with Crippen LogP contribution in [0.4, 0.5) is 0 Å². The number of likely N-dealkylation sites (N-methyl/N-ethyl adjacent to an activating group) is 1. The van der Waals surface area contributed by atoms with Gasteiger partial charge in [-0.1, -0.05) is 25.2 Å². The van der Waals surface area contributed by atoms with E-state index in [9.17, 15) is 0 Å². The number of hydrogen-bond acceptors (Lipinski definition) is 3.